The Morgan fingerprint density at radius 2 is 1.57 bits per heavy atom. The summed E-state index contributed by atoms with van der Waals surface area (Å²) in [7, 11) is 0. The van der Waals surface area contributed by atoms with E-state index in [1.807, 2.05) is 16.8 Å². The first-order valence-electron chi connectivity index (χ1n) is 12.8. The highest BCUT2D eigenvalue weighted by Crippen LogP contribution is 2.37. The van der Waals surface area contributed by atoms with Gasteiger partial charge in [-0.3, -0.25) is 0 Å². The number of hydrogen-bond donors (Lipinski definition) is 2. The monoisotopic (exact) mass is 470 g/mol. The lowest BCUT2D eigenvalue weighted by Crippen LogP contribution is -2.16. The number of nitrogens with zero attached hydrogens (tertiary/aromatic N) is 4. The number of hydrogen-bond acceptors (Lipinski definition) is 5. The van der Waals surface area contributed by atoms with Crippen LogP contribution in [-0.2, 0) is 0 Å². The summed E-state index contributed by atoms with van der Waals surface area (Å²) < 4.78 is 15.7. The Balaban J connectivity index is 1.48. The number of anilines is 2. The van der Waals surface area contributed by atoms with Gasteiger partial charge in [0.25, 0.3) is 0 Å². The molecule has 0 radical (unpaired) electrons. The lowest BCUT2D eigenvalue weighted by atomic mass is 10.0. The smallest absolute Gasteiger partial charge is 0.223 e. The molecule has 0 aliphatic heterocycles. The van der Waals surface area contributed by atoms with E-state index in [1.165, 1.54) is 50.7 Å². The number of nitrogens with one attached hydrogen (secondary N) is 2. The fourth-order valence-corrected chi connectivity index (χ4v) is 5.58. The van der Waals surface area contributed by atoms with Crippen LogP contribution < -0.4 is 10.6 Å². The quantitative estimate of drug-likeness (QED) is 0.332. The van der Waals surface area contributed by atoms with Crippen LogP contribution in [0.15, 0.2) is 48.7 Å². The van der Waals surface area contributed by atoms with Crippen LogP contribution in [0.1, 0.15) is 57.1 Å². The predicted molar refractivity (Wildman–Crippen MR) is 138 cm³/mol. The number of rotatable bonds is 6. The second-order valence-corrected chi connectivity index (χ2v) is 9.93. The summed E-state index contributed by atoms with van der Waals surface area (Å²) in [5.74, 6) is 0.388. The van der Waals surface area contributed by atoms with E-state index in [4.69, 9.17) is 10.1 Å². The fourth-order valence-electron chi connectivity index (χ4n) is 5.58. The van der Waals surface area contributed by atoms with Gasteiger partial charge in [0.1, 0.15) is 11.5 Å². The summed E-state index contributed by atoms with van der Waals surface area (Å²) in [5.41, 5.74) is 6.52. The molecule has 6 rings (SSSR count). The van der Waals surface area contributed by atoms with E-state index in [0.29, 0.717) is 18.0 Å². The molecule has 0 atom stereocenters. The normalized spacial score (nSPS) is 16.9. The Kier molecular flexibility index (Phi) is 5.84. The van der Waals surface area contributed by atoms with Crippen LogP contribution in [0, 0.1) is 12.7 Å². The Bertz CT molecular complexity index is 1330. The number of aryl methyl sites for hydroxylation is 1. The van der Waals surface area contributed by atoms with E-state index >= 15 is 0 Å². The fraction of sp³-hybridized carbons (Fsp3) is 0.393. The zero-order valence-electron chi connectivity index (χ0n) is 20.1. The van der Waals surface area contributed by atoms with Gasteiger partial charge >= 0.3 is 0 Å². The number of aromatic nitrogens is 4. The summed E-state index contributed by atoms with van der Waals surface area (Å²) in [6, 6.07) is 13.7. The van der Waals surface area contributed by atoms with Crippen LogP contribution >= 0.6 is 0 Å². The molecule has 7 heteroatoms. The summed E-state index contributed by atoms with van der Waals surface area (Å²) in [4.78, 5) is 9.42. The van der Waals surface area contributed by atoms with Crippen molar-refractivity contribution in [3.63, 3.8) is 0 Å². The van der Waals surface area contributed by atoms with Crippen LogP contribution in [0.5, 0.6) is 0 Å². The summed E-state index contributed by atoms with van der Waals surface area (Å²) >= 11 is 0. The molecule has 2 aliphatic rings. The zero-order valence-corrected chi connectivity index (χ0v) is 20.1. The third kappa shape index (κ3) is 4.47. The lowest BCUT2D eigenvalue weighted by Gasteiger charge is -2.15. The highest BCUT2D eigenvalue weighted by molar-refractivity contribution is 5.92. The zero-order chi connectivity index (χ0) is 23.8. The maximum Gasteiger partial charge on any atom is 0.223 e. The van der Waals surface area contributed by atoms with Gasteiger partial charge in [-0.1, -0.05) is 25.7 Å². The second kappa shape index (κ2) is 9.29. The first kappa shape index (κ1) is 22.0. The highest BCUT2D eigenvalue weighted by Gasteiger charge is 2.22. The van der Waals surface area contributed by atoms with Gasteiger partial charge in [0.05, 0.1) is 16.8 Å². The van der Waals surface area contributed by atoms with Crippen LogP contribution in [0.2, 0.25) is 0 Å². The molecule has 2 fully saturated rings. The van der Waals surface area contributed by atoms with Crippen LogP contribution in [0.3, 0.4) is 0 Å². The Morgan fingerprint density at radius 3 is 2.29 bits per heavy atom. The average molecular weight is 471 g/mol. The molecule has 0 bridgehead atoms. The molecule has 3 heterocycles. The molecule has 35 heavy (non-hydrogen) atoms. The maximum atomic E-state index is 13.7. The minimum atomic E-state index is -0.261. The van der Waals surface area contributed by atoms with Crippen LogP contribution in [0.4, 0.5) is 16.0 Å². The van der Waals surface area contributed by atoms with Gasteiger partial charge in [-0.15, -0.1) is 0 Å². The van der Waals surface area contributed by atoms with Gasteiger partial charge in [-0.2, -0.15) is 5.10 Å². The maximum absolute atomic E-state index is 13.7. The standard InChI is InChI=1S/C28H31FN6/c1-18-16-23(31-21-6-2-3-7-21)17-25-26(27(34-35(18)25)19-10-12-20(29)13-11-19)24-14-15-30-28(33-24)32-22-8-4-5-9-22/h10-17,21-22,31H,2-9H2,1H3,(H,30,32,33). The number of fused-ring (bicyclic) bond motifs is 1. The van der Waals surface area contributed by atoms with Gasteiger partial charge in [0.2, 0.25) is 5.95 Å². The SMILES string of the molecule is Cc1cc(NC2CCCC2)cc2c(-c3ccnc(NC4CCCC4)n3)c(-c3ccc(F)cc3)nn12. The van der Waals surface area contributed by atoms with Crippen molar-refractivity contribution in [1.82, 2.24) is 19.6 Å². The molecule has 2 aliphatic carbocycles. The van der Waals surface area contributed by atoms with Crippen molar-refractivity contribution in [3.05, 3.63) is 60.2 Å². The van der Waals surface area contributed by atoms with Crippen molar-refractivity contribution in [2.45, 2.75) is 70.4 Å². The van der Waals surface area contributed by atoms with Crippen molar-refractivity contribution < 1.29 is 4.39 Å². The molecule has 4 aromatic rings. The van der Waals surface area contributed by atoms with Crippen molar-refractivity contribution in [2.24, 2.45) is 0 Å². The third-order valence-corrected chi connectivity index (χ3v) is 7.36. The molecule has 180 valence electrons. The van der Waals surface area contributed by atoms with E-state index in [1.54, 1.807) is 12.1 Å². The number of pyridine rings is 1. The van der Waals surface area contributed by atoms with Crippen molar-refractivity contribution in [2.75, 3.05) is 10.6 Å². The lowest BCUT2D eigenvalue weighted by molar-refractivity contribution is 0.628. The molecule has 1 aromatic carbocycles. The molecule has 0 amide bonds. The largest absolute Gasteiger partial charge is 0.382 e. The van der Waals surface area contributed by atoms with Gasteiger partial charge in [-0.05, 0) is 75.1 Å². The van der Waals surface area contributed by atoms with E-state index in [9.17, 15) is 4.39 Å². The van der Waals surface area contributed by atoms with E-state index < -0.39 is 0 Å². The number of benzene rings is 1. The van der Waals surface area contributed by atoms with Gasteiger partial charge in [-0.25, -0.2) is 18.9 Å². The molecule has 2 saturated carbocycles. The number of halogens is 1. The second-order valence-electron chi connectivity index (χ2n) is 9.93. The van der Waals surface area contributed by atoms with E-state index in [0.717, 1.165) is 52.3 Å². The first-order chi connectivity index (χ1) is 17.1. The summed E-state index contributed by atoms with van der Waals surface area (Å²) in [6.45, 7) is 2.07. The summed E-state index contributed by atoms with van der Waals surface area (Å²) in [5, 5.41) is 12.2. The minimum Gasteiger partial charge on any atom is -0.382 e. The van der Waals surface area contributed by atoms with E-state index in [2.05, 4.69) is 34.7 Å². The molecule has 6 nitrogen and oxygen atoms in total. The Morgan fingerprint density at radius 1 is 0.886 bits per heavy atom. The Labute approximate surface area is 205 Å². The molecule has 3 aromatic heterocycles. The Hall–Kier alpha value is -3.48. The van der Waals surface area contributed by atoms with Crippen molar-refractivity contribution in [3.8, 4) is 22.5 Å². The molecular weight excluding hydrogens is 439 g/mol. The van der Waals surface area contributed by atoms with Gasteiger partial charge in [0.15, 0.2) is 0 Å². The minimum absolute atomic E-state index is 0.261. The molecular formula is C28H31FN6. The third-order valence-electron chi connectivity index (χ3n) is 7.36. The molecule has 0 saturated heterocycles. The predicted octanol–water partition coefficient (Wildman–Crippen LogP) is 6.61. The van der Waals surface area contributed by atoms with Gasteiger partial charge < -0.3 is 10.6 Å². The van der Waals surface area contributed by atoms with E-state index in [-0.39, 0.29) is 5.82 Å². The average Bonchev–Trinajstić information content (AvgIpc) is 3.62. The van der Waals surface area contributed by atoms with Crippen LogP contribution in [-0.4, -0.2) is 31.7 Å². The van der Waals surface area contributed by atoms with Crippen LogP contribution in [0.25, 0.3) is 28.0 Å². The topological polar surface area (TPSA) is 67.1 Å². The molecule has 2 N–H and O–H groups in total. The molecule has 0 spiro atoms. The molecule has 0 unspecified atom stereocenters. The van der Waals surface area contributed by atoms with Crippen molar-refractivity contribution >= 4 is 17.2 Å². The van der Waals surface area contributed by atoms with Gasteiger partial charge in [0, 0.05) is 35.2 Å². The highest BCUT2D eigenvalue weighted by atomic mass is 19.1. The van der Waals surface area contributed by atoms with Crippen molar-refractivity contribution in [1.29, 1.82) is 0 Å². The first-order valence-corrected chi connectivity index (χ1v) is 12.8. The summed E-state index contributed by atoms with van der Waals surface area (Å²) in [6.07, 6.45) is 11.6.